The van der Waals surface area contributed by atoms with E-state index in [0.29, 0.717) is 17.2 Å². The van der Waals surface area contributed by atoms with Crippen molar-refractivity contribution in [3.8, 4) is 22.9 Å². The number of phenolic OH excluding ortho intramolecular Hbond substituents is 1. The van der Waals surface area contributed by atoms with Crippen LogP contribution in [0.1, 0.15) is 0 Å². The molecule has 2 N–H and O–H groups in total. The van der Waals surface area contributed by atoms with Crippen LogP contribution in [0.2, 0.25) is 0 Å². The molecule has 4 aromatic rings. The number of nitrogens with one attached hydrogen (secondary N) is 1. The molecule has 8 heteroatoms. The molecule has 0 spiro atoms. The minimum absolute atomic E-state index is 0. The Labute approximate surface area is 180 Å². The van der Waals surface area contributed by atoms with Gasteiger partial charge in [0.15, 0.2) is 0 Å². The summed E-state index contributed by atoms with van der Waals surface area (Å²) in [6.45, 7) is 0. The number of nitrogens with zero attached hydrogens (tertiary/aromatic N) is 2. The summed E-state index contributed by atoms with van der Waals surface area (Å²) >= 11 is 0. The van der Waals surface area contributed by atoms with Gasteiger partial charge in [-0.25, -0.2) is 9.48 Å². The van der Waals surface area contributed by atoms with Gasteiger partial charge in [-0.15, -0.1) is 24.3 Å². The second-order valence-corrected chi connectivity index (χ2v) is 5.42. The molecule has 0 saturated heterocycles. The molecule has 1 aromatic heterocycles. The molecule has 144 valence electrons. The zero-order valence-electron chi connectivity index (χ0n) is 15.0. The van der Waals surface area contributed by atoms with E-state index in [-0.39, 0.29) is 26.8 Å². The van der Waals surface area contributed by atoms with Gasteiger partial charge in [0.05, 0.1) is 5.75 Å². The van der Waals surface area contributed by atoms with Crippen molar-refractivity contribution in [3.63, 3.8) is 0 Å². The van der Waals surface area contributed by atoms with E-state index in [4.69, 9.17) is 4.74 Å². The van der Waals surface area contributed by atoms with Gasteiger partial charge in [0.25, 0.3) is 5.56 Å². The van der Waals surface area contributed by atoms with Crippen molar-refractivity contribution < 1.29 is 30.9 Å². The third kappa shape index (κ3) is 6.29. The fourth-order valence-corrected chi connectivity index (χ4v) is 2.16. The number of aromatic nitrogens is 3. The Hall–Kier alpha value is -3.44. The molecule has 7 nitrogen and oxygen atoms in total. The average molecular weight is 557 g/mol. The van der Waals surface area contributed by atoms with Crippen LogP contribution < -0.4 is 16.0 Å². The Morgan fingerprint density at radius 2 is 1.66 bits per heavy atom. The summed E-state index contributed by atoms with van der Waals surface area (Å²) in [6, 6.07) is 26.4. The quantitative estimate of drug-likeness (QED) is 0.378. The maximum Gasteiger partial charge on any atom is 2.00 e. The van der Waals surface area contributed by atoms with Crippen LogP contribution in [-0.4, -0.2) is 19.9 Å². The van der Waals surface area contributed by atoms with E-state index in [2.05, 4.69) is 22.2 Å². The van der Waals surface area contributed by atoms with Crippen LogP contribution in [0.25, 0.3) is 5.69 Å². The van der Waals surface area contributed by atoms with Crippen molar-refractivity contribution in [2.45, 2.75) is 0 Å². The molecule has 29 heavy (non-hydrogen) atoms. The number of hydrogen-bond acceptors (Lipinski definition) is 5. The van der Waals surface area contributed by atoms with E-state index in [1.54, 1.807) is 36.4 Å². The zero-order chi connectivity index (χ0) is 19.8. The molecule has 0 amide bonds. The van der Waals surface area contributed by atoms with Crippen molar-refractivity contribution in [1.82, 2.24) is 14.8 Å². The second kappa shape index (κ2) is 10.8. The van der Waals surface area contributed by atoms with Crippen LogP contribution in [0.3, 0.4) is 0 Å². The van der Waals surface area contributed by atoms with Gasteiger partial charge in [0.2, 0.25) is 0 Å². The van der Waals surface area contributed by atoms with E-state index < -0.39 is 11.2 Å². The molecule has 0 unspecified atom stereocenters. The summed E-state index contributed by atoms with van der Waals surface area (Å²) in [4.78, 5) is 24.1. The summed E-state index contributed by atoms with van der Waals surface area (Å²) in [5, 5.41) is 13.1. The van der Waals surface area contributed by atoms with Gasteiger partial charge >= 0.3 is 26.8 Å². The molecule has 0 aliphatic rings. The Morgan fingerprint density at radius 3 is 2.31 bits per heavy atom. The van der Waals surface area contributed by atoms with Crippen molar-refractivity contribution in [2.24, 2.45) is 0 Å². The van der Waals surface area contributed by atoms with E-state index in [9.17, 15) is 14.7 Å². The number of aromatic hydroxyl groups is 1. The van der Waals surface area contributed by atoms with E-state index >= 15 is 0 Å². The normalized spacial score (nSPS) is 9.52. The predicted molar refractivity (Wildman–Crippen MR) is 103 cm³/mol. The van der Waals surface area contributed by atoms with Crippen molar-refractivity contribution in [3.05, 3.63) is 112 Å². The number of hydrogen-bond donors (Lipinski definition) is 2. The third-order valence-corrected chi connectivity index (χ3v) is 3.43. The first-order valence-corrected chi connectivity index (χ1v) is 8.20. The smallest absolute Gasteiger partial charge is 0.530 e. The van der Waals surface area contributed by atoms with Crippen LogP contribution >= 0.6 is 0 Å². The molecule has 4 rings (SSSR count). The minimum Gasteiger partial charge on any atom is -0.530 e. The summed E-state index contributed by atoms with van der Waals surface area (Å²) in [5.74, 6) is 1.23. The van der Waals surface area contributed by atoms with Crippen LogP contribution in [0.4, 0.5) is 0 Å². The van der Waals surface area contributed by atoms with Crippen molar-refractivity contribution in [2.75, 3.05) is 0 Å². The number of H-pyrrole nitrogens is 1. The van der Waals surface area contributed by atoms with Gasteiger partial charge in [-0.2, -0.15) is 35.4 Å². The van der Waals surface area contributed by atoms with Crippen molar-refractivity contribution >= 4 is 0 Å². The van der Waals surface area contributed by atoms with E-state index in [1.807, 2.05) is 30.3 Å². The first-order valence-electron chi connectivity index (χ1n) is 8.20. The standard InChI is InChI=1S/C12H9O2.C9H6N3O2.W/c13-11-8-4-5-9-12(11)14-10-6-2-1-3-7-10;13-8-6-10-12(9(14)11-8)7-4-2-1-3-5-7;/h1-4,6-9,13H;2-6H,(H,11,13,14);/q2*-1;+2. The fraction of sp³-hybridized carbons (Fsp3) is 0. The first kappa shape index (κ1) is 21.9. The average Bonchev–Trinajstić information content (AvgIpc) is 2.72. The summed E-state index contributed by atoms with van der Waals surface area (Å²) in [7, 11) is 0. The summed E-state index contributed by atoms with van der Waals surface area (Å²) < 4.78 is 6.53. The maximum atomic E-state index is 11.3. The SMILES string of the molecule is O=c1cnn(-c2cc[c-]cc2)c(=O)[nH]1.Oc1cc[c-]cc1Oc1ccccc1.[W+2]. The van der Waals surface area contributed by atoms with Gasteiger partial charge in [-0.1, -0.05) is 18.2 Å². The van der Waals surface area contributed by atoms with Crippen LogP contribution in [0.5, 0.6) is 17.2 Å². The number of para-hydroxylation sites is 1. The molecular formula is C21H15N3O4W. The number of ether oxygens (including phenoxy) is 1. The molecule has 0 radical (unpaired) electrons. The van der Waals surface area contributed by atoms with Gasteiger partial charge in [-0.3, -0.25) is 9.78 Å². The molecule has 0 atom stereocenters. The van der Waals surface area contributed by atoms with Crippen LogP contribution in [0.15, 0.2) is 88.6 Å². The van der Waals surface area contributed by atoms with Crippen LogP contribution in [-0.2, 0) is 21.1 Å². The zero-order valence-corrected chi connectivity index (χ0v) is 17.9. The third-order valence-electron chi connectivity index (χ3n) is 3.43. The molecule has 0 aliphatic heterocycles. The van der Waals surface area contributed by atoms with Gasteiger partial charge < -0.3 is 9.84 Å². The van der Waals surface area contributed by atoms with E-state index in [1.165, 1.54) is 6.07 Å². The molecule has 0 aliphatic carbocycles. The second-order valence-electron chi connectivity index (χ2n) is 5.42. The minimum atomic E-state index is -0.552. The number of aromatic amines is 1. The summed E-state index contributed by atoms with van der Waals surface area (Å²) in [6.07, 6.45) is 1.05. The monoisotopic (exact) mass is 557 g/mol. The van der Waals surface area contributed by atoms with Gasteiger partial charge in [-0.05, 0) is 17.8 Å². The maximum absolute atomic E-state index is 11.3. The Morgan fingerprint density at radius 1 is 0.966 bits per heavy atom. The molecule has 0 fully saturated rings. The Bertz CT molecular complexity index is 1150. The largest absolute Gasteiger partial charge is 2.00 e. The number of phenols is 1. The predicted octanol–water partition coefficient (Wildman–Crippen LogP) is 2.70. The van der Waals surface area contributed by atoms with Crippen LogP contribution in [0, 0.1) is 12.1 Å². The van der Waals surface area contributed by atoms with Crippen molar-refractivity contribution in [1.29, 1.82) is 0 Å². The topological polar surface area (TPSA) is 97.2 Å². The summed E-state index contributed by atoms with van der Waals surface area (Å²) in [5.41, 5.74) is -0.470. The molecular weight excluding hydrogens is 542 g/mol. The van der Waals surface area contributed by atoms with E-state index in [0.717, 1.165) is 10.9 Å². The van der Waals surface area contributed by atoms with Gasteiger partial charge in [0.1, 0.15) is 11.9 Å². The molecule has 0 bridgehead atoms. The Balaban J connectivity index is 0.000000200. The molecule has 1 heterocycles. The van der Waals surface area contributed by atoms with Gasteiger partial charge in [0, 0.05) is 5.75 Å². The number of rotatable bonds is 3. The number of benzene rings is 3. The Kier molecular flexibility index (Phi) is 8.12. The molecule has 0 saturated carbocycles. The first-order chi connectivity index (χ1) is 13.6. The fourth-order valence-electron chi connectivity index (χ4n) is 2.16. The molecule has 3 aromatic carbocycles.